The van der Waals surface area contributed by atoms with Gasteiger partial charge in [-0.1, -0.05) is 174 Å². The Balaban J connectivity index is 1.25. The zero-order chi connectivity index (χ0) is 46.9. The molecule has 0 saturated carbocycles. The number of fused-ring (bicyclic) bond motifs is 3. The molecule has 3 heterocycles. The number of nitrogens with zero attached hydrogens (tertiary/aromatic N) is 5. The largest absolute Gasteiger partial charge is 0.458 e. The molecule has 66 heavy (non-hydrogen) atoms. The van der Waals surface area contributed by atoms with Crippen LogP contribution in [0.2, 0.25) is 0 Å². The van der Waals surface area contributed by atoms with Crippen molar-refractivity contribution in [3.8, 4) is 51.2 Å². The number of para-hydroxylation sites is 1. The van der Waals surface area contributed by atoms with E-state index >= 15 is 0 Å². The molecule has 0 spiro atoms. The molecule has 0 aliphatic rings. The molecule has 0 aliphatic heterocycles. The molecule has 0 bridgehead atoms. The van der Waals surface area contributed by atoms with Crippen LogP contribution in [0.5, 0.6) is 11.5 Å². The Kier molecular flexibility index (Phi) is 10.9. The second kappa shape index (κ2) is 16.3. The fraction of sp³-hybridized carbons (Fsp3) is 0.283. The highest BCUT2D eigenvalue weighted by Crippen LogP contribution is 2.40. The third-order valence-electron chi connectivity index (χ3n) is 12.8. The molecule has 334 valence electrons. The number of aryl methyl sites for hydroxylation is 1. The van der Waals surface area contributed by atoms with Crippen molar-refractivity contribution >= 4 is 21.8 Å². The van der Waals surface area contributed by atoms with Gasteiger partial charge in [-0.2, -0.15) is 4.68 Å². The normalized spacial score (nSPS) is 12.6. The van der Waals surface area contributed by atoms with Gasteiger partial charge >= 0.3 is 0 Å². The van der Waals surface area contributed by atoms with Crippen molar-refractivity contribution in [1.82, 2.24) is 19.2 Å². The first kappa shape index (κ1) is 44.4. The van der Waals surface area contributed by atoms with Crippen molar-refractivity contribution < 1.29 is 9.42 Å². The van der Waals surface area contributed by atoms with Gasteiger partial charge in [-0.25, -0.2) is 4.98 Å². The van der Waals surface area contributed by atoms with E-state index in [1.165, 1.54) is 22.1 Å². The van der Waals surface area contributed by atoms with Gasteiger partial charge in [0.05, 0.1) is 22.4 Å². The van der Waals surface area contributed by atoms with Crippen molar-refractivity contribution in [2.24, 2.45) is 0 Å². The molecular weight excluding hydrogens is 807 g/mol. The van der Waals surface area contributed by atoms with Crippen LogP contribution in [-0.4, -0.2) is 19.2 Å². The summed E-state index contributed by atoms with van der Waals surface area (Å²) < 4.78 is 13.4. The van der Waals surface area contributed by atoms with Crippen LogP contribution in [0.1, 0.15) is 111 Å². The fourth-order valence-electron chi connectivity index (χ4n) is 8.79. The maximum absolute atomic E-state index is 7.02. The monoisotopic (exact) mass is 870 g/mol. The number of benzene rings is 6. The van der Waals surface area contributed by atoms with E-state index < -0.39 is 0 Å². The summed E-state index contributed by atoms with van der Waals surface area (Å²) in [5.41, 5.74) is 12.9. The number of rotatable bonds is 7. The summed E-state index contributed by atoms with van der Waals surface area (Å²) in [5.74, 6) is 3.13. The van der Waals surface area contributed by atoms with E-state index in [9.17, 15) is 0 Å². The summed E-state index contributed by atoms with van der Waals surface area (Å²) in [4.78, 5) is 4.92. The van der Waals surface area contributed by atoms with E-state index in [4.69, 9.17) is 14.8 Å². The molecule has 9 rings (SSSR count). The molecule has 0 N–H and O–H groups in total. The minimum atomic E-state index is -0.203. The lowest BCUT2D eigenvalue weighted by Crippen LogP contribution is -2.34. The maximum Gasteiger partial charge on any atom is 0.273 e. The third kappa shape index (κ3) is 8.57. The van der Waals surface area contributed by atoms with Crippen molar-refractivity contribution in [3.05, 3.63) is 180 Å². The Hall–Kier alpha value is -6.79. The van der Waals surface area contributed by atoms with Crippen molar-refractivity contribution in [3.63, 3.8) is 0 Å². The topological polar surface area (TPSA) is 48.8 Å². The van der Waals surface area contributed by atoms with Gasteiger partial charge in [-0.05, 0) is 110 Å². The van der Waals surface area contributed by atoms with Crippen LogP contribution in [0.3, 0.4) is 0 Å². The maximum atomic E-state index is 7.02. The Morgan fingerprint density at radius 2 is 1.17 bits per heavy atom. The summed E-state index contributed by atoms with van der Waals surface area (Å²) in [6, 6.07) is 49.9. The first-order valence-electron chi connectivity index (χ1n) is 23.2. The van der Waals surface area contributed by atoms with Crippen molar-refractivity contribution in [1.29, 1.82) is 0 Å². The first-order chi connectivity index (χ1) is 31.1. The van der Waals surface area contributed by atoms with Crippen molar-refractivity contribution in [2.75, 3.05) is 0 Å². The Labute approximate surface area is 391 Å². The van der Waals surface area contributed by atoms with Crippen LogP contribution in [0.25, 0.3) is 61.5 Å². The van der Waals surface area contributed by atoms with Gasteiger partial charge in [0.15, 0.2) is 5.82 Å². The van der Waals surface area contributed by atoms with Gasteiger partial charge in [0.2, 0.25) is 0 Å². The molecule has 3 aromatic heterocycles. The summed E-state index contributed by atoms with van der Waals surface area (Å²) >= 11 is 0. The molecule has 0 aliphatic carbocycles. The molecule has 0 unspecified atom stereocenters. The summed E-state index contributed by atoms with van der Waals surface area (Å²) in [6.45, 7) is 29.3. The van der Waals surface area contributed by atoms with Crippen LogP contribution >= 0.6 is 0 Å². The highest BCUT2D eigenvalue weighted by Gasteiger charge is 2.26. The van der Waals surface area contributed by atoms with Crippen LogP contribution in [0, 0.1) is 13.3 Å². The molecule has 6 aromatic carbocycles. The van der Waals surface area contributed by atoms with Gasteiger partial charge in [0, 0.05) is 28.6 Å². The average molecular weight is 870 g/mol. The fourth-order valence-corrected chi connectivity index (χ4v) is 8.79. The number of hydrogen-bond donors (Lipinski definition) is 0. The molecule has 9 aromatic rings. The molecule has 6 nitrogen and oxygen atoms in total. The van der Waals surface area contributed by atoms with Crippen LogP contribution in [-0.2, 0) is 21.7 Å². The molecule has 0 atom stereocenters. The number of pyridine rings is 1. The minimum Gasteiger partial charge on any atom is -0.458 e. The van der Waals surface area contributed by atoms with E-state index in [1.54, 1.807) is 0 Å². The average Bonchev–Trinajstić information content (AvgIpc) is 3.85. The molecular formula is C60H63N5O. The van der Waals surface area contributed by atoms with E-state index in [0.717, 1.165) is 78.8 Å². The lowest BCUT2D eigenvalue weighted by Gasteiger charge is -2.26. The Morgan fingerprint density at radius 1 is 0.530 bits per heavy atom. The summed E-state index contributed by atoms with van der Waals surface area (Å²) in [5, 5.41) is 7.83. The lowest BCUT2D eigenvalue weighted by atomic mass is 9.80. The Morgan fingerprint density at radius 3 is 1.85 bits per heavy atom. The minimum absolute atomic E-state index is 0.0273. The summed E-state index contributed by atoms with van der Waals surface area (Å²) in [6.07, 6.45) is 5.70. The highest BCUT2D eigenvalue weighted by molar-refractivity contribution is 6.09. The number of ether oxygens (including phenoxy) is 1. The molecule has 0 amide bonds. The predicted molar refractivity (Wildman–Crippen MR) is 273 cm³/mol. The van der Waals surface area contributed by atoms with Crippen LogP contribution < -0.4 is 9.42 Å². The van der Waals surface area contributed by atoms with E-state index in [1.807, 2.05) is 10.9 Å². The molecule has 0 fully saturated rings. The molecule has 0 radical (unpaired) electrons. The lowest BCUT2D eigenvalue weighted by molar-refractivity contribution is -0.660. The SMILES string of the molecule is Cc1cccc(-c2ccccc2)c1-c1n[n+](-c2cc(C(C)(C)C)cc(C(C)(C)C)c2)[c-]n1-c1cc(Oc2ccc3c4ccccc4n(-c4cc(C(C)(C)C)ccn4)c3c2)cc(C(C)(C)C)c1. The quantitative estimate of drug-likeness (QED) is 0.118. The van der Waals surface area contributed by atoms with E-state index in [2.05, 4.69) is 245 Å². The second-order valence-electron chi connectivity index (χ2n) is 22.1. The van der Waals surface area contributed by atoms with Gasteiger partial charge in [-0.15, -0.1) is 5.10 Å². The second-order valence-corrected chi connectivity index (χ2v) is 22.1. The van der Waals surface area contributed by atoms with E-state index in [0.29, 0.717) is 0 Å². The smallest absolute Gasteiger partial charge is 0.273 e. The molecule has 6 heteroatoms. The van der Waals surface area contributed by atoms with Gasteiger partial charge in [0.25, 0.3) is 6.33 Å². The van der Waals surface area contributed by atoms with Gasteiger partial charge < -0.3 is 4.74 Å². The number of hydrogen-bond acceptors (Lipinski definition) is 3. The highest BCUT2D eigenvalue weighted by atomic mass is 16.5. The number of aromatic nitrogens is 5. The zero-order valence-electron chi connectivity index (χ0n) is 41.0. The van der Waals surface area contributed by atoms with Crippen LogP contribution in [0.15, 0.2) is 146 Å². The third-order valence-corrected chi connectivity index (χ3v) is 12.8. The van der Waals surface area contributed by atoms with Crippen molar-refractivity contribution in [2.45, 2.75) is 112 Å². The zero-order valence-corrected chi connectivity index (χ0v) is 41.0. The Bertz CT molecular complexity index is 3240. The summed E-state index contributed by atoms with van der Waals surface area (Å²) in [7, 11) is 0. The van der Waals surface area contributed by atoms with Gasteiger partial charge in [-0.3, -0.25) is 9.13 Å². The standard InChI is InChI=1S/C60H63N5O/c1-39-20-19-24-49(40-21-15-14-16-22-40)55(39)56-62-64(46-32-42(58(5,6)7)30-43(33-46)59(8,9)10)38-63(56)45-31-44(60(11,12)13)34-48(36-45)66-47-26-27-51-50-23-17-18-25-52(50)65(53(51)37-47)54-35-41(28-29-61-54)57(2,3)4/h14-37H,1-13H3. The first-order valence-corrected chi connectivity index (χ1v) is 23.2. The van der Waals surface area contributed by atoms with E-state index in [-0.39, 0.29) is 21.7 Å². The molecule has 0 saturated heterocycles. The predicted octanol–water partition coefficient (Wildman–Crippen LogP) is 15.1. The van der Waals surface area contributed by atoms with Gasteiger partial charge in [0.1, 0.15) is 17.3 Å². The van der Waals surface area contributed by atoms with Crippen LogP contribution in [0.4, 0.5) is 0 Å².